The first kappa shape index (κ1) is 31.2. The van der Waals surface area contributed by atoms with Crippen molar-refractivity contribution < 1.29 is 35.8 Å². The molecule has 0 fully saturated rings. The second-order valence-corrected chi connectivity index (χ2v) is 10.3. The van der Waals surface area contributed by atoms with E-state index < -0.39 is 29.6 Å². The van der Waals surface area contributed by atoms with E-state index >= 15 is 4.39 Å². The van der Waals surface area contributed by atoms with Gasteiger partial charge in [0.2, 0.25) is 5.75 Å². The summed E-state index contributed by atoms with van der Waals surface area (Å²) in [6, 6.07) is 14.3. The van der Waals surface area contributed by atoms with E-state index in [1.54, 1.807) is 24.4 Å². The normalized spacial score (nSPS) is 11.7. The summed E-state index contributed by atoms with van der Waals surface area (Å²) < 4.78 is 89.6. The molecule has 224 valence electrons. The van der Waals surface area contributed by atoms with Crippen molar-refractivity contribution in [3.8, 4) is 11.5 Å². The minimum atomic E-state index is -5.22. The van der Waals surface area contributed by atoms with Gasteiger partial charge in [-0.05, 0) is 78.4 Å². The highest BCUT2D eigenvalue weighted by atomic mass is 19.4. The molecule has 3 nitrogen and oxygen atoms in total. The maximum atomic E-state index is 15.3. The van der Waals surface area contributed by atoms with Crippen molar-refractivity contribution in [2.24, 2.45) is 0 Å². The Morgan fingerprint density at radius 1 is 0.738 bits per heavy atom. The van der Waals surface area contributed by atoms with E-state index in [4.69, 9.17) is 4.74 Å². The van der Waals surface area contributed by atoms with Crippen LogP contribution < -0.4 is 9.47 Å². The first-order valence-corrected chi connectivity index (χ1v) is 14.1. The number of alkyl halides is 3. The lowest BCUT2D eigenvalue weighted by atomic mass is 9.97. The molecule has 0 bridgehead atoms. The molecule has 0 N–H and O–H groups in total. The average molecular weight is 590 g/mol. The van der Waals surface area contributed by atoms with Crippen LogP contribution in [0.4, 0.5) is 26.3 Å². The first-order chi connectivity index (χ1) is 20.1. The smallest absolute Gasteiger partial charge is 0.492 e. The average Bonchev–Trinajstić information content (AvgIpc) is 2.95. The number of halogens is 6. The van der Waals surface area contributed by atoms with Crippen molar-refractivity contribution in [1.29, 1.82) is 0 Å². The molecule has 9 heteroatoms. The minimum absolute atomic E-state index is 0.0242. The van der Waals surface area contributed by atoms with Gasteiger partial charge in [-0.25, -0.2) is 13.2 Å². The summed E-state index contributed by atoms with van der Waals surface area (Å²) in [6.45, 7) is 2.88. The summed E-state index contributed by atoms with van der Waals surface area (Å²) in [5.74, 6) is -4.14. The van der Waals surface area contributed by atoms with E-state index in [-0.39, 0.29) is 18.4 Å². The first-order valence-electron chi connectivity index (χ1n) is 14.1. The van der Waals surface area contributed by atoms with Crippen LogP contribution in [-0.2, 0) is 25.7 Å². The third-order valence-corrected chi connectivity index (χ3v) is 7.04. The summed E-state index contributed by atoms with van der Waals surface area (Å²) in [7, 11) is 0. The lowest BCUT2D eigenvalue weighted by Gasteiger charge is -2.12. The van der Waals surface area contributed by atoms with Crippen molar-refractivity contribution in [1.82, 2.24) is 4.98 Å². The van der Waals surface area contributed by atoms with Gasteiger partial charge < -0.3 is 9.47 Å². The third-order valence-electron chi connectivity index (χ3n) is 7.04. The molecule has 0 unspecified atom stereocenters. The SMILES string of the molecule is CCCCCCCOc1ccc(CCc2ccc3c(F)c(CCc4cc(F)c(OC(F)(F)F)c(F)c4)ccc3c2)nc1. The van der Waals surface area contributed by atoms with Gasteiger partial charge >= 0.3 is 6.36 Å². The number of hydrogen-bond acceptors (Lipinski definition) is 3. The quantitative estimate of drug-likeness (QED) is 0.108. The Kier molecular flexibility index (Phi) is 10.7. The van der Waals surface area contributed by atoms with Gasteiger partial charge in [-0.1, -0.05) is 62.9 Å². The molecule has 0 atom stereocenters. The summed E-state index contributed by atoms with van der Waals surface area (Å²) in [5.41, 5.74) is 2.37. The van der Waals surface area contributed by atoms with Crippen LogP contribution >= 0.6 is 0 Å². The maximum absolute atomic E-state index is 15.3. The zero-order valence-corrected chi connectivity index (χ0v) is 23.4. The van der Waals surface area contributed by atoms with Gasteiger partial charge in [0.1, 0.15) is 11.6 Å². The van der Waals surface area contributed by atoms with Crippen LogP contribution in [0, 0.1) is 17.5 Å². The highest BCUT2D eigenvalue weighted by Crippen LogP contribution is 2.30. The zero-order chi connectivity index (χ0) is 30.1. The van der Waals surface area contributed by atoms with Crippen molar-refractivity contribution in [3.63, 3.8) is 0 Å². The predicted molar refractivity (Wildman–Crippen MR) is 150 cm³/mol. The van der Waals surface area contributed by atoms with Crippen LogP contribution in [0.1, 0.15) is 61.4 Å². The fraction of sp³-hybridized carbons (Fsp3) is 0.364. The molecule has 0 aliphatic heterocycles. The van der Waals surface area contributed by atoms with E-state index in [2.05, 4.69) is 16.6 Å². The van der Waals surface area contributed by atoms with E-state index in [0.29, 0.717) is 24.0 Å². The van der Waals surface area contributed by atoms with Gasteiger partial charge in [-0.15, -0.1) is 13.2 Å². The Labute approximate surface area is 241 Å². The number of aryl methyl sites for hydroxylation is 4. The number of aromatic nitrogens is 1. The van der Waals surface area contributed by atoms with Crippen LogP contribution in [-0.4, -0.2) is 18.0 Å². The van der Waals surface area contributed by atoms with E-state index in [0.717, 1.165) is 47.4 Å². The lowest BCUT2D eigenvalue weighted by Crippen LogP contribution is -2.19. The fourth-order valence-corrected chi connectivity index (χ4v) is 4.80. The molecule has 1 heterocycles. The molecular formula is C33H33F6NO2. The molecule has 0 aliphatic rings. The fourth-order valence-electron chi connectivity index (χ4n) is 4.80. The lowest BCUT2D eigenvalue weighted by molar-refractivity contribution is -0.276. The Balaban J connectivity index is 1.32. The largest absolute Gasteiger partial charge is 0.573 e. The topological polar surface area (TPSA) is 31.4 Å². The molecular weight excluding hydrogens is 556 g/mol. The molecule has 0 saturated carbocycles. The molecule has 0 spiro atoms. The maximum Gasteiger partial charge on any atom is 0.573 e. The second-order valence-electron chi connectivity index (χ2n) is 10.3. The third kappa shape index (κ3) is 8.87. The highest BCUT2D eigenvalue weighted by molar-refractivity contribution is 5.84. The van der Waals surface area contributed by atoms with Gasteiger partial charge in [-0.2, -0.15) is 0 Å². The van der Waals surface area contributed by atoms with E-state index in [9.17, 15) is 22.0 Å². The number of nitrogens with zero attached hydrogens (tertiary/aromatic N) is 1. The molecule has 0 aliphatic carbocycles. The molecule has 42 heavy (non-hydrogen) atoms. The van der Waals surface area contributed by atoms with Gasteiger partial charge in [0.15, 0.2) is 11.6 Å². The van der Waals surface area contributed by atoms with Crippen molar-refractivity contribution >= 4 is 10.8 Å². The van der Waals surface area contributed by atoms with E-state index in [1.807, 2.05) is 24.3 Å². The van der Waals surface area contributed by atoms with Gasteiger partial charge in [-0.3, -0.25) is 4.98 Å². The van der Waals surface area contributed by atoms with Gasteiger partial charge in [0.25, 0.3) is 0 Å². The van der Waals surface area contributed by atoms with Crippen molar-refractivity contribution in [2.45, 2.75) is 71.1 Å². The van der Waals surface area contributed by atoms with Crippen LogP contribution in [0.15, 0.2) is 60.8 Å². The summed E-state index contributed by atoms with van der Waals surface area (Å²) in [4.78, 5) is 4.50. The van der Waals surface area contributed by atoms with Crippen LogP contribution in [0.3, 0.4) is 0 Å². The Hall–Kier alpha value is -3.75. The number of rotatable bonds is 14. The summed E-state index contributed by atoms with van der Waals surface area (Å²) in [6.07, 6.45) is 3.98. The zero-order valence-electron chi connectivity index (χ0n) is 23.4. The van der Waals surface area contributed by atoms with Gasteiger partial charge in [0.05, 0.1) is 12.8 Å². The number of hydrogen-bond donors (Lipinski definition) is 0. The molecule has 4 aromatic rings. The summed E-state index contributed by atoms with van der Waals surface area (Å²) in [5, 5.41) is 1.13. The Morgan fingerprint density at radius 3 is 2.17 bits per heavy atom. The second kappa shape index (κ2) is 14.4. The Bertz CT molecular complexity index is 1450. The molecule has 1 aromatic heterocycles. The van der Waals surface area contributed by atoms with Gasteiger partial charge in [0, 0.05) is 11.1 Å². The Morgan fingerprint density at radius 2 is 1.48 bits per heavy atom. The molecule has 0 amide bonds. The number of pyridine rings is 1. The minimum Gasteiger partial charge on any atom is -0.492 e. The number of unbranched alkanes of at least 4 members (excludes halogenated alkanes) is 4. The number of fused-ring (bicyclic) bond motifs is 1. The van der Waals surface area contributed by atoms with E-state index in [1.165, 1.54) is 25.7 Å². The molecule has 3 aromatic carbocycles. The van der Waals surface area contributed by atoms with Crippen LogP contribution in [0.2, 0.25) is 0 Å². The van der Waals surface area contributed by atoms with Crippen molar-refractivity contribution in [3.05, 3.63) is 101 Å². The van der Waals surface area contributed by atoms with Crippen molar-refractivity contribution in [2.75, 3.05) is 6.61 Å². The molecule has 0 saturated heterocycles. The molecule has 0 radical (unpaired) electrons. The number of benzene rings is 3. The predicted octanol–water partition coefficient (Wildman–Crippen LogP) is 9.47. The number of ether oxygens (including phenoxy) is 2. The molecule has 4 rings (SSSR count). The van der Waals surface area contributed by atoms with Crippen LogP contribution in [0.5, 0.6) is 11.5 Å². The monoisotopic (exact) mass is 589 g/mol. The highest BCUT2D eigenvalue weighted by Gasteiger charge is 2.34. The summed E-state index contributed by atoms with van der Waals surface area (Å²) >= 11 is 0. The van der Waals surface area contributed by atoms with Crippen LogP contribution in [0.25, 0.3) is 10.8 Å². The standard InChI is InChI=1S/C33H33F6NO2/c1-2-3-4-5-6-17-41-27-15-14-26(40-21-27)13-8-22-9-16-28-25(18-22)12-11-24(31(28)36)10-7-23-19-29(34)32(30(35)20-23)42-33(37,38)39/h9,11-12,14-16,18-21H,2-8,10,13,17H2,1H3.